The molecule has 0 aliphatic carbocycles. The second-order valence-electron chi connectivity index (χ2n) is 4.54. The van der Waals surface area contributed by atoms with Crippen molar-refractivity contribution in [2.24, 2.45) is 0 Å². The molecule has 1 heterocycles. The first-order valence-corrected chi connectivity index (χ1v) is 7.07. The van der Waals surface area contributed by atoms with Crippen LogP contribution < -0.4 is 0 Å². The van der Waals surface area contributed by atoms with E-state index in [1.807, 2.05) is 13.8 Å². The maximum Gasteiger partial charge on any atom is 0.169 e. The highest BCUT2D eigenvalue weighted by Crippen LogP contribution is 2.22. The van der Waals surface area contributed by atoms with E-state index < -0.39 is 0 Å². The summed E-state index contributed by atoms with van der Waals surface area (Å²) in [5, 5.41) is 9.16. The van der Waals surface area contributed by atoms with Crippen molar-refractivity contribution in [1.29, 1.82) is 0 Å². The molecule has 1 aromatic heterocycles. The predicted molar refractivity (Wildman–Crippen MR) is 80.6 cm³/mol. The molecule has 2 rings (SSSR count). The summed E-state index contributed by atoms with van der Waals surface area (Å²) in [4.78, 5) is 12.4. The molecule has 104 valence electrons. The minimum Gasteiger partial charge on any atom is -0.294 e. The topological polar surface area (TPSA) is 42.9 Å². The first-order valence-electron chi connectivity index (χ1n) is 6.31. The van der Waals surface area contributed by atoms with Gasteiger partial charge in [-0.2, -0.15) is 10.2 Å². The number of benzene rings is 1. The summed E-state index contributed by atoms with van der Waals surface area (Å²) in [5.74, 6) is -0.0241. The molecule has 1 aromatic carbocycles. The molecule has 0 saturated heterocycles. The third-order valence-corrected chi connectivity index (χ3v) is 3.59. The Kier molecular flexibility index (Phi) is 4.73. The molecule has 0 N–H and O–H groups in total. The Morgan fingerprint density at radius 2 is 1.95 bits per heavy atom. The second kappa shape index (κ2) is 6.33. The van der Waals surface area contributed by atoms with Gasteiger partial charge in [0.1, 0.15) is 0 Å². The van der Waals surface area contributed by atoms with Crippen LogP contribution in [0.2, 0.25) is 10.0 Å². The van der Waals surface area contributed by atoms with E-state index in [1.165, 1.54) is 0 Å². The minimum absolute atomic E-state index is 0.0241. The van der Waals surface area contributed by atoms with E-state index in [4.69, 9.17) is 23.2 Å². The van der Waals surface area contributed by atoms with E-state index in [2.05, 4.69) is 10.2 Å². The van der Waals surface area contributed by atoms with Gasteiger partial charge in [0.2, 0.25) is 0 Å². The molecule has 0 aliphatic heterocycles. The number of carbonyl (C=O) groups is 1. The fourth-order valence-corrected chi connectivity index (χ4v) is 2.34. The highest BCUT2D eigenvalue weighted by atomic mass is 35.5. The molecule has 5 heteroatoms. The lowest BCUT2D eigenvalue weighted by Gasteiger charge is -2.08. The van der Waals surface area contributed by atoms with E-state index in [9.17, 15) is 4.79 Å². The lowest BCUT2D eigenvalue weighted by Crippen LogP contribution is -2.10. The Balaban J connectivity index is 2.32. The fourth-order valence-electron chi connectivity index (χ4n) is 1.96. The average Bonchev–Trinajstić information content (AvgIpc) is 2.42. The Morgan fingerprint density at radius 3 is 2.65 bits per heavy atom. The van der Waals surface area contributed by atoms with Crippen molar-refractivity contribution in [3.8, 4) is 0 Å². The average molecular weight is 309 g/mol. The molecule has 0 aliphatic rings. The fraction of sp³-hybridized carbons (Fsp3) is 0.267. The van der Waals surface area contributed by atoms with Gasteiger partial charge in [-0.25, -0.2) is 0 Å². The van der Waals surface area contributed by atoms with Crippen LogP contribution in [0.25, 0.3) is 0 Å². The number of rotatable bonds is 4. The lowest BCUT2D eigenvalue weighted by molar-refractivity contribution is 0.0991. The molecular weight excluding hydrogens is 295 g/mol. The number of aromatic nitrogens is 2. The van der Waals surface area contributed by atoms with Gasteiger partial charge in [-0.05, 0) is 43.2 Å². The normalized spacial score (nSPS) is 10.6. The summed E-state index contributed by atoms with van der Waals surface area (Å²) in [6.07, 6.45) is 0.870. The van der Waals surface area contributed by atoms with Crippen LogP contribution in [0.5, 0.6) is 0 Å². The SMILES string of the molecule is CCc1nnc(C)cc1C(=O)Cc1cc(Cl)ccc1Cl. The highest BCUT2D eigenvalue weighted by molar-refractivity contribution is 6.33. The number of carbonyl (C=O) groups excluding carboxylic acids is 1. The van der Waals surface area contributed by atoms with E-state index >= 15 is 0 Å². The number of ketones is 1. The molecule has 0 bridgehead atoms. The monoisotopic (exact) mass is 308 g/mol. The van der Waals surface area contributed by atoms with Crippen LogP contribution in [0.15, 0.2) is 24.3 Å². The third kappa shape index (κ3) is 3.35. The summed E-state index contributed by atoms with van der Waals surface area (Å²) in [6.45, 7) is 3.76. The zero-order valence-electron chi connectivity index (χ0n) is 11.3. The molecule has 0 fully saturated rings. The molecule has 0 amide bonds. The summed E-state index contributed by atoms with van der Waals surface area (Å²) >= 11 is 12.0. The number of nitrogens with zero attached hydrogens (tertiary/aromatic N) is 2. The van der Waals surface area contributed by atoms with Crippen molar-refractivity contribution >= 4 is 29.0 Å². The van der Waals surface area contributed by atoms with Crippen LogP contribution in [0.3, 0.4) is 0 Å². The zero-order chi connectivity index (χ0) is 14.7. The van der Waals surface area contributed by atoms with Gasteiger partial charge >= 0.3 is 0 Å². The van der Waals surface area contributed by atoms with Gasteiger partial charge in [0.05, 0.1) is 11.4 Å². The maximum absolute atomic E-state index is 12.4. The van der Waals surface area contributed by atoms with Crippen LogP contribution in [-0.2, 0) is 12.8 Å². The predicted octanol–water partition coefficient (Wildman–Crippen LogP) is 4.08. The van der Waals surface area contributed by atoms with Crippen LogP contribution in [-0.4, -0.2) is 16.0 Å². The van der Waals surface area contributed by atoms with Crippen LogP contribution >= 0.6 is 23.2 Å². The van der Waals surface area contributed by atoms with Crippen LogP contribution in [0.1, 0.15) is 34.2 Å². The van der Waals surface area contributed by atoms with Crippen molar-refractivity contribution < 1.29 is 4.79 Å². The summed E-state index contributed by atoms with van der Waals surface area (Å²) < 4.78 is 0. The van der Waals surface area contributed by atoms with Crippen molar-refractivity contribution in [3.63, 3.8) is 0 Å². The lowest BCUT2D eigenvalue weighted by atomic mass is 10.0. The molecule has 20 heavy (non-hydrogen) atoms. The summed E-state index contributed by atoms with van der Waals surface area (Å²) in [6, 6.07) is 6.89. The summed E-state index contributed by atoms with van der Waals surface area (Å²) in [5.41, 5.74) is 2.76. The number of hydrogen-bond donors (Lipinski definition) is 0. The number of aryl methyl sites for hydroxylation is 2. The molecule has 0 spiro atoms. The van der Waals surface area contributed by atoms with E-state index in [1.54, 1.807) is 24.3 Å². The van der Waals surface area contributed by atoms with E-state index in [-0.39, 0.29) is 12.2 Å². The highest BCUT2D eigenvalue weighted by Gasteiger charge is 2.15. The molecular formula is C15H14Cl2N2O. The molecule has 2 aromatic rings. The Hall–Kier alpha value is -1.45. The number of halogens is 2. The molecule has 0 radical (unpaired) electrons. The van der Waals surface area contributed by atoms with Gasteiger partial charge in [-0.1, -0.05) is 30.1 Å². The van der Waals surface area contributed by atoms with Crippen LogP contribution in [0.4, 0.5) is 0 Å². The molecule has 0 unspecified atom stereocenters. The maximum atomic E-state index is 12.4. The second-order valence-corrected chi connectivity index (χ2v) is 5.38. The van der Waals surface area contributed by atoms with Gasteiger partial charge in [0.25, 0.3) is 0 Å². The van der Waals surface area contributed by atoms with Crippen molar-refractivity contribution in [2.45, 2.75) is 26.7 Å². The Labute approximate surface area is 127 Å². The molecule has 3 nitrogen and oxygen atoms in total. The minimum atomic E-state index is -0.0241. The number of hydrogen-bond acceptors (Lipinski definition) is 3. The van der Waals surface area contributed by atoms with Crippen molar-refractivity contribution in [3.05, 3.63) is 56.8 Å². The van der Waals surface area contributed by atoms with Gasteiger partial charge in [0, 0.05) is 22.0 Å². The molecule has 0 atom stereocenters. The Bertz CT molecular complexity index is 656. The van der Waals surface area contributed by atoms with Gasteiger partial charge < -0.3 is 0 Å². The quantitative estimate of drug-likeness (QED) is 0.799. The van der Waals surface area contributed by atoms with Gasteiger partial charge in [0.15, 0.2) is 5.78 Å². The Morgan fingerprint density at radius 1 is 1.20 bits per heavy atom. The smallest absolute Gasteiger partial charge is 0.169 e. The van der Waals surface area contributed by atoms with Gasteiger partial charge in [-0.15, -0.1) is 0 Å². The van der Waals surface area contributed by atoms with E-state index in [0.717, 1.165) is 11.3 Å². The largest absolute Gasteiger partial charge is 0.294 e. The number of Topliss-reactive ketones (excluding diaryl/α,β-unsaturated/α-hetero) is 1. The van der Waals surface area contributed by atoms with Crippen molar-refractivity contribution in [1.82, 2.24) is 10.2 Å². The van der Waals surface area contributed by atoms with Gasteiger partial charge in [-0.3, -0.25) is 4.79 Å². The summed E-state index contributed by atoms with van der Waals surface area (Å²) in [7, 11) is 0. The first-order chi connectivity index (χ1) is 9.51. The standard InChI is InChI=1S/C15H14Cl2N2O/c1-3-14-12(6-9(2)18-19-14)15(20)8-10-7-11(16)4-5-13(10)17/h4-7H,3,8H2,1-2H3. The van der Waals surface area contributed by atoms with Crippen LogP contribution in [0, 0.1) is 6.92 Å². The molecule has 0 saturated carbocycles. The zero-order valence-corrected chi connectivity index (χ0v) is 12.8. The first kappa shape index (κ1) is 14.9. The third-order valence-electron chi connectivity index (χ3n) is 2.99. The van der Waals surface area contributed by atoms with E-state index in [0.29, 0.717) is 27.7 Å². The van der Waals surface area contributed by atoms with Crippen molar-refractivity contribution in [2.75, 3.05) is 0 Å².